The number of nitrogens with zero attached hydrogens (tertiary/aromatic N) is 2. The Hall–Kier alpha value is -0.580. The highest BCUT2D eigenvalue weighted by Crippen LogP contribution is 2.48. The second-order valence-corrected chi connectivity index (χ2v) is 6.83. The highest BCUT2D eigenvalue weighted by atomic mass is 31.2. The molecule has 0 aromatic rings. The number of hydrogen-bond acceptors (Lipinski definition) is 3. The third-order valence-electron chi connectivity index (χ3n) is 3.25. The number of rotatable bonds is 4. The number of nitrogens with two attached hydrogens (primary N) is 1. The van der Waals surface area contributed by atoms with E-state index < -0.39 is 7.52 Å². The summed E-state index contributed by atoms with van der Waals surface area (Å²) in [7, 11) is -0.788. The fraction of sp³-hybridized carbons (Fsp3) is 0.929. The first kappa shape index (κ1) is 22.7. The van der Waals surface area contributed by atoms with Crippen molar-refractivity contribution in [3.8, 4) is 0 Å². The lowest BCUT2D eigenvalue weighted by atomic mass is 10.1. The zero-order chi connectivity index (χ0) is 17.1. The summed E-state index contributed by atoms with van der Waals surface area (Å²) < 4.78 is 19.4. The molecule has 0 saturated carbocycles. The van der Waals surface area contributed by atoms with Crippen molar-refractivity contribution < 1.29 is 9.09 Å². The molecule has 0 aliphatic carbocycles. The van der Waals surface area contributed by atoms with Crippen molar-refractivity contribution in [3.63, 3.8) is 0 Å². The molecule has 0 aromatic carbocycles. The molecule has 0 amide bonds. The van der Waals surface area contributed by atoms with Gasteiger partial charge in [0, 0.05) is 32.8 Å². The quantitative estimate of drug-likeness (QED) is 0.472. The topological polar surface area (TPSA) is 82.7 Å². The normalized spacial score (nSPS) is 18.4. The summed E-state index contributed by atoms with van der Waals surface area (Å²) in [6, 6.07) is 0.269. The molecule has 0 bridgehead atoms. The van der Waals surface area contributed by atoms with Crippen LogP contribution in [0, 0.1) is 5.41 Å². The van der Waals surface area contributed by atoms with Gasteiger partial charge in [-0.3, -0.25) is 9.97 Å². The molecule has 3 N–H and O–H groups in total. The van der Waals surface area contributed by atoms with E-state index in [0.717, 1.165) is 25.9 Å². The maximum absolute atomic E-state index is 12.2. The minimum atomic E-state index is -2.62. The maximum atomic E-state index is 12.2. The van der Waals surface area contributed by atoms with Gasteiger partial charge in [-0.1, -0.05) is 27.7 Å². The molecule has 21 heavy (non-hydrogen) atoms. The highest BCUT2D eigenvalue weighted by molar-refractivity contribution is 7.55. The minimum Gasteiger partial charge on any atom is -0.370 e. The standard InChI is InChI=1S/C10H23N4O2P.2C2H6/c1-4-16-17(3,15)14-7-5-9(6-8-14)13(2)10(11)12;2*1-2/h9H,4-8H2,1-3H3,(H3,11,12);2*1-2H3. The van der Waals surface area contributed by atoms with Gasteiger partial charge in [0.2, 0.25) is 0 Å². The van der Waals surface area contributed by atoms with Crippen LogP contribution in [0.4, 0.5) is 0 Å². The van der Waals surface area contributed by atoms with Crippen LogP contribution < -0.4 is 5.73 Å². The predicted molar refractivity (Wildman–Crippen MR) is 92.1 cm³/mol. The van der Waals surface area contributed by atoms with Crippen molar-refractivity contribution in [2.24, 2.45) is 5.73 Å². The van der Waals surface area contributed by atoms with Crippen LogP contribution in [0.1, 0.15) is 47.5 Å². The van der Waals surface area contributed by atoms with Crippen LogP contribution in [0.5, 0.6) is 0 Å². The van der Waals surface area contributed by atoms with E-state index in [1.54, 1.807) is 11.6 Å². The van der Waals surface area contributed by atoms with Gasteiger partial charge in [0.25, 0.3) is 7.52 Å². The van der Waals surface area contributed by atoms with E-state index in [9.17, 15) is 4.57 Å². The summed E-state index contributed by atoms with van der Waals surface area (Å²) >= 11 is 0. The molecule has 0 spiro atoms. The fourth-order valence-corrected chi connectivity index (χ4v) is 3.72. The van der Waals surface area contributed by atoms with Crippen LogP contribution in [0.25, 0.3) is 0 Å². The van der Waals surface area contributed by atoms with E-state index in [0.29, 0.717) is 6.61 Å². The van der Waals surface area contributed by atoms with Gasteiger partial charge in [-0.15, -0.1) is 0 Å². The molecule has 7 heteroatoms. The number of nitrogens with one attached hydrogen (secondary N) is 1. The average Bonchev–Trinajstić information content (AvgIpc) is 2.50. The van der Waals surface area contributed by atoms with E-state index in [1.807, 2.05) is 46.3 Å². The van der Waals surface area contributed by atoms with E-state index in [1.165, 1.54) is 0 Å². The molecular formula is C14H35N4O2P. The van der Waals surface area contributed by atoms with Crippen LogP contribution in [0.3, 0.4) is 0 Å². The summed E-state index contributed by atoms with van der Waals surface area (Å²) in [6.45, 7) is 13.5. The van der Waals surface area contributed by atoms with Gasteiger partial charge in [0.15, 0.2) is 5.96 Å². The van der Waals surface area contributed by atoms with Crippen LogP contribution in [0.15, 0.2) is 0 Å². The van der Waals surface area contributed by atoms with Gasteiger partial charge in [0.1, 0.15) is 0 Å². The summed E-state index contributed by atoms with van der Waals surface area (Å²) in [6.07, 6.45) is 1.72. The number of piperidine rings is 1. The van der Waals surface area contributed by atoms with Crippen LogP contribution in [-0.2, 0) is 9.09 Å². The Morgan fingerprint density at radius 2 is 1.76 bits per heavy atom. The first-order valence-electron chi connectivity index (χ1n) is 7.92. The summed E-state index contributed by atoms with van der Waals surface area (Å²) in [5.74, 6) is 0.0907. The Morgan fingerprint density at radius 3 is 2.10 bits per heavy atom. The average molecular weight is 322 g/mol. The SMILES string of the molecule is CC.CC.CCOP(C)(=O)N1CCC(N(C)C(=N)N)CC1. The molecule has 1 fully saturated rings. The van der Waals surface area contributed by atoms with Gasteiger partial charge in [-0.05, 0) is 19.8 Å². The summed E-state index contributed by atoms with van der Waals surface area (Å²) in [5, 5.41) is 7.39. The zero-order valence-electron chi connectivity index (χ0n) is 14.8. The molecule has 0 radical (unpaired) electrons. The van der Waals surface area contributed by atoms with Crippen molar-refractivity contribution in [2.75, 3.05) is 33.4 Å². The lowest BCUT2D eigenvalue weighted by Gasteiger charge is -2.38. The monoisotopic (exact) mass is 322 g/mol. The molecule has 1 rings (SSSR count). The predicted octanol–water partition coefficient (Wildman–Crippen LogP) is 3.19. The Balaban J connectivity index is 0. The van der Waals surface area contributed by atoms with Crippen LogP contribution >= 0.6 is 7.52 Å². The minimum absolute atomic E-state index is 0.0907. The van der Waals surface area contributed by atoms with Crippen molar-refractivity contribution in [2.45, 2.75) is 53.5 Å². The molecular weight excluding hydrogens is 287 g/mol. The largest absolute Gasteiger partial charge is 0.370 e. The summed E-state index contributed by atoms with van der Waals surface area (Å²) in [5.41, 5.74) is 5.45. The molecule has 1 saturated heterocycles. The molecule has 1 heterocycles. The van der Waals surface area contributed by atoms with Crippen molar-refractivity contribution >= 4 is 13.5 Å². The Morgan fingerprint density at radius 1 is 1.33 bits per heavy atom. The first-order valence-corrected chi connectivity index (χ1v) is 9.95. The van der Waals surface area contributed by atoms with E-state index >= 15 is 0 Å². The molecule has 1 aliphatic rings. The Labute approximate surface area is 131 Å². The highest BCUT2D eigenvalue weighted by Gasteiger charge is 2.31. The second-order valence-electron chi connectivity index (χ2n) is 4.40. The fourth-order valence-electron chi connectivity index (χ4n) is 2.12. The molecule has 1 aliphatic heterocycles. The summed E-state index contributed by atoms with van der Waals surface area (Å²) in [4.78, 5) is 1.78. The van der Waals surface area contributed by atoms with Gasteiger partial charge in [-0.25, -0.2) is 4.67 Å². The molecule has 1 unspecified atom stereocenters. The lowest BCUT2D eigenvalue weighted by molar-refractivity contribution is 0.201. The van der Waals surface area contributed by atoms with Crippen LogP contribution in [0.2, 0.25) is 0 Å². The van der Waals surface area contributed by atoms with E-state index in [-0.39, 0.29) is 12.0 Å². The van der Waals surface area contributed by atoms with Gasteiger partial charge in [-0.2, -0.15) is 0 Å². The third kappa shape index (κ3) is 7.84. The number of guanidine groups is 1. The Bertz CT molecular complexity index is 318. The first-order chi connectivity index (χ1) is 9.88. The van der Waals surface area contributed by atoms with Crippen molar-refractivity contribution in [3.05, 3.63) is 0 Å². The van der Waals surface area contributed by atoms with Crippen molar-refractivity contribution in [1.82, 2.24) is 9.57 Å². The lowest BCUT2D eigenvalue weighted by Crippen LogP contribution is -2.46. The van der Waals surface area contributed by atoms with Gasteiger partial charge < -0.3 is 15.2 Å². The molecule has 0 aromatic heterocycles. The van der Waals surface area contributed by atoms with E-state index in [4.69, 9.17) is 15.7 Å². The van der Waals surface area contributed by atoms with Gasteiger partial charge in [0.05, 0.1) is 6.61 Å². The van der Waals surface area contributed by atoms with Crippen molar-refractivity contribution in [1.29, 1.82) is 5.41 Å². The second kappa shape index (κ2) is 12.0. The number of hydrogen-bond donors (Lipinski definition) is 2. The maximum Gasteiger partial charge on any atom is 0.269 e. The zero-order valence-corrected chi connectivity index (χ0v) is 15.7. The van der Waals surface area contributed by atoms with E-state index in [2.05, 4.69) is 0 Å². The Kier molecular flexibility index (Phi) is 13.0. The van der Waals surface area contributed by atoms with Crippen LogP contribution in [-0.4, -0.2) is 55.0 Å². The molecule has 128 valence electrons. The smallest absolute Gasteiger partial charge is 0.269 e. The third-order valence-corrected chi connectivity index (χ3v) is 5.42. The van der Waals surface area contributed by atoms with Gasteiger partial charge >= 0.3 is 0 Å². The molecule has 6 nitrogen and oxygen atoms in total. The molecule has 1 atom stereocenters.